The van der Waals surface area contributed by atoms with E-state index in [1.165, 1.54) is 11.3 Å². The summed E-state index contributed by atoms with van der Waals surface area (Å²) in [6.45, 7) is 6.86. The second-order valence-electron chi connectivity index (χ2n) is 5.48. The van der Waals surface area contributed by atoms with Crippen LogP contribution in [0.25, 0.3) is 10.2 Å². The van der Waals surface area contributed by atoms with Crippen LogP contribution in [-0.2, 0) is 6.54 Å². The lowest BCUT2D eigenvalue weighted by Crippen LogP contribution is -2.32. The van der Waals surface area contributed by atoms with E-state index in [0.717, 1.165) is 31.4 Å². The molecule has 0 saturated carbocycles. The number of benzene rings is 1. The van der Waals surface area contributed by atoms with E-state index >= 15 is 0 Å². The number of thiophene rings is 1. The van der Waals surface area contributed by atoms with Crippen molar-refractivity contribution in [2.45, 2.75) is 27.3 Å². The van der Waals surface area contributed by atoms with Crippen LogP contribution in [0.1, 0.15) is 23.2 Å². The van der Waals surface area contributed by atoms with Crippen molar-refractivity contribution < 1.29 is 4.74 Å². The molecule has 126 valence electrons. The first-order valence-electron chi connectivity index (χ1n) is 7.74. The van der Waals surface area contributed by atoms with Crippen LogP contribution in [0.15, 0.2) is 29.1 Å². The summed E-state index contributed by atoms with van der Waals surface area (Å²) in [4.78, 5) is 18.8. The molecule has 2 aromatic heterocycles. The molecule has 3 rings (SSSR count). The molecule has 2 heterocycles. The van der Waals surface area contributed by atoms with Gasteiger partial charge in [-0.2, -0.15) is 0 Å². The first kappa shape index (κ1) is 16.3. The number of nitrogens with one attached hydrogen (secondary N) is 1. The van der Waals surface area contributed by atoms with Crippen molar-refractivity contribution in [3.05, 3.63) is 50.9 Å². The number of nitrogen functional groups attached to an aromatic ring is 1. The fraction of sp³-hybridized carbons (Fsp3) is 0.294. The third-order valence-corrected chi connectivity index (χ3v) is 5.03. The highest BCUT2D eigenvalue weighted by Gasteiger charge is 2.14. The Kier molecular flexibility index (Phi) is 4.44. The number of fused-ring (bicyclic) bond motifs is 1. The van der Waals surface area contributed by atoms with Crippen molar-refractivity contribution in [1.29, 1.82) is 0 Å². The fourth-order valence-corrected chi connectivity index (χ4v) is 3.53. The van der Waals surface area contributed by atoms with Crippen LogP contribution < -0.4 is 21.5 Å². The van der Waals surface area contributed by atoms with Crippen molar-refractivity contribution in [2.75, 3.05) is 17.8 Å². The van der Waals surface area contributed by atoms with Crippen molar-refractivity contribution in [3.63, 3.8) is 0 Å². The number of nitrogens with zero attached hydrogens (tertiary/aromatic N) is 2. The second kappa shape index (κ2) is 6.52. The number of aryl methyl sites for hydroxylation is 2. The van der Waals surface area contributed by atoms with Gasteiger partial charge in [0.2, 0.25) is 0 Å². The van der Waals surface area contributed by atoms with E-state index in [0.29, 0.717) is 24.4 Å². The summed E-state index contributed by atoms with van der Waals surface area (Å²) < 4.78 is 6.54. The molecule has 0 aliphatic heterocycles. The molecule has 0 aliphatic rings. The average molecular weight is 344 g/mol. The molecule has 3 N–H and O–H groups in total. The largest absolute Gasteiger partial charge is 0.494 e. The highest BCUT2D eigenvalue weighted by Crippen LogP contribution is 2.26. The first-order valence-corrected chi connectivity index (χ1v) is 8.56. The molecule has 0 atom stereocenters. The monoisotopic (exact) mass is 344 g/mol. The minimum atomic E-state index is -0.203. The Labute approximate surface area is 143 Å². The van der Waals surface area contributed by atoms with Crippen molar-refractivity contribution in [2.24, 2.45) is 0 Å². The molecule has 0 fully saturated rings. The Hall–Kier alpha value is -2.54. The van der Waals surface area contributed by atoms with Gasteiger partial charge in [-0.1, -0.05) is 0 Å². The van der Waals surface area contributed by atoms with Gasteiger partial charge >= 0.3 is 0 Å². The minimum absolute atomic E-state index is 0.203. The summed E-state index contributed by atoms with van der Waals surface area (Å²) in [5, 5.41) is 3.85. The molecule has 7 heteroatoms. The van der Waals surface area contributed by atoms with Crippen molar-refractivity contribution in [1.82, 2.24) is 9.66 Å². The number of ether oxygens (including phenoxy) is 1. The molecule has 0 radical (unpaired) electrons. The van der Waals surface area contributed by atoms with Gasteiger partial charge in [-0.15, -0.1) is 11.3 Å². The van der Waals surface area contributed by atoms with Crippen LogP contribution in [0.2, 0.25) is 0 Å². The molecular weight excluding hydrogens is 324 g/mol. The van der Waals surface area contributed by atoms with Crippen LogP contribution in [0.4, 0.5) is 5.69 Å². The summed E-state index contributed by atoms with van der Waals surface area (Å²) in [6, 6.07) is 7.62. The van der Waals surface area contributed by atoms with Gasteiger partial charge in [0, 0.05) is 10.6 Å². The lowest BCUT2D eigenvalue weighted by Gasteiger charge is -2.10. The van der Waals surface area contributed by atoms with Crippen LogP contribution in [-0.4, -0.2) is 16.3 Å². The predicted octanol–water partition coefficient (Wildman–Crippen LogP) is 2.80. The van der Waals surface area contributed by atoms with Gasteiger partial charge in [0.25, 0.3) is 5.56 Å². The van der Waals surface area contributed by atoms with E-state index in [2.05, 4.69) is 10.3 Å². The van der Waals surface area contributed by atoms with Gasteiger partial charge in [0.05, 0.1) is 18.5 Å². The van der Waals surface area contributed by atoms with Crippen molar-refractivity contribution in [3.8, 4) is 5.75 Å². The van der Waals surface area contributed by atoms with E-state index in [-0.39, 0.29) is 5.56 Å². The highest BCUT2D eigenvalue weighted by atomic mass is 32.1. The Morgan fingerprint density at radius 2 is 2.00 bits per heavy atom. The molecule has 0 spiro atoms. The van der Waals surface area contributed by atoms with Crippen LogP contribution >= 0.6 is 11.3 Å². The van der Waals surface area contributed by atoms with Gasteiger partial charge in [-0.3, -0.25) is 4.79 Å². The molecule has 1 aromatic carbocycles. The number of rotatable bonds is 5. The number of hydrogen-bond donors (Lipinski definition) is 2. The second-order valence-corrected chi connectivity index (χ2v) is 6.68. The van der Waals surface area contributed by atoms with Crippen LogP contribution in [0.5, 0.6) is 5.75 Å². The van der Waals surface area contributed by atoms with E-state index in [9.17, 15) is 4.79 Å². The Morgan fingerprint density at radius 3 is 2.67 bits per heavy atom. The lowest BCUT2D eigenvalue weighted by atomic mass is 10.2. The maximum absolute atomic E-state index is 12.5. The van der Waals surface area contributed by atoms with Gasteiger partial charge in [0.15, 0.2) is 5.82 Å². The number of anilines is 1. The SMILES string of the molecule is CCOc1ccc(NCc2nc3sc(C)c(C)c3c(=O)n2N)cc1. The highest BCUT2D eigenvalue weighted by molar-refractivity contribution is 7.18. The third kappa shape index (κ3) is 2.94. The summed E-state index contributed by atoms with van der Waals surface area (Å²) in [7, 11) is 0. The van der Waals surface area contributed by atoms with Gasteiger partial charge in [-0.25, -0.2) is 9.66 Å². The molecular formula is C17H20N4O2S. The Balaban J connectivity index is 1.85. The zero-order valence-electron chi connectivity index (χ0n) is 13.9. The van der Waals surface area contributed by atoms with Crippen molar-refractivity contribution >= 4 is 27.2 Å². The van der Waals surface area contributed by atoms with E-state index in [1.54, 1.807) is 0 Å². The maximum atomic E-state index is 12.5. The number of hydrogen-bond acceptors (Lipinski definition) is 6. The van der Waals surface area contributed by atoms with Crippen LogP contribution in [0.3, 0.4) is 0 Å². The molecule has 0 unspecified atom stereocenters. The number of aromatic nitrogens is 2. The topological polar surface area (TPSA) is 82.2 Å². The molecule has 0 aliphatic carbocycles. The van der Waals surface area contributed by atoms with Gasteiger partial charge < -0.3 is 15.9 Å². The maximum Gasteiger partial charge on any atom is 0.281 e. The minimum Gasteiger partial charge on any atom is -0.494 e. The zero-order valence-corrected chi connectivity index (χ0v) is 14.7. The quantitative estimate of drug-likeness (QED) is 0.696. The van der Waals surface area contributed by atoms with E-state index in [4.69, 9.17) is 10.6 Å². The van der Waals surface area contributed by atoms with Crippen LogP contribution in [0, 0.1) is 13.8 Å². The normalized spacial score (nSPS) is 11.0. The summed E-state index contributed by atoms with van der Waals surface area (Å²) >= 11 is 1.52. The van der Waals surface area contributed by atoms with Gasteiger partial charge in [-0.05, 0) is 50.6 Å². The Bertz CT molecular complexity index is 928. The average Bonchev–Trinajstić information content (AvgIpc) is 2.86. The third-order valence-electron chi connectivity index (χ3n) is 3.92. The van der Waals surface area contributed by atoms with Gasteiger partial charge in [0.1, 0.15) is 10.6 Å². The standard InChI is InChI=1S/C17H20N4O2S/c1-4-23-13-7-5-12(6-8-13)19-9-14-20-16-15(17(22)21(14)18)10(2)11(3)24-16/h5-8,19H,4,9,18H2,1-3H3. The first-order chi connectivity index (χ1) is 11.5. The summed E-state index contributed by atoms with van der Waals surface area (Å²) in [5.41, 5.74) is 1.66. The number of nitrogens with two attached hydrogens (primary N) is 1. The predicted molar refractivity (Wildman–Crippen MR) is 98.4 cm³/mol. The smallest absolute Gasteiger partial charge is 0.281 e. The van der Waals surface area contributed by atoms with E-state index in [1.807, 2.05) is 45.0 Å². The zero-order chi connectivity index (χ0) is 17.3. The lowest BCUT2D eigenvalue weighted by molar-refractivity contribution is 0.340. The molecule has 24 heavy (non-hydrogen) atoms. The summed E-state index contributed by atoms with van der Waals surface area (Å²) in [5.74, 6) is 7.27. The van der Waals surface area contributed by atoms with E-state index < -0.39 is 0 Å². The molecule has 0 bridgehead atoms. The summed E-state index contributed by atoms with van der Waals surface area (Å²) in [6.07, 6.45) is 0. The Morgan fingerprint density at radius 1 is 1.29 bits per heavy atom. The molecule has 6 nitrogen and oxygen atoms in total. The fourth-order valence-electron chi connectivity index (χ4n) is 2.49. The molecule has 0 saturated heterocycles. The molecule has 0 amide bonds. The molecule has 3 aromatic rings.